The molecule has 0 saturated heterocycles. The minimum absolute atomic E-state index is 0.185. The molecule has 158 valence electrons. The van der Waals surface area contributed by atoms with Crippen LogP contribution in [0, 0.1) is 0 Å². The first kappa shape index (κ1) is 21.6. The molecule has 3 aromatic rings. The fourth-order valence-electron chi connectivity index (χ4n) is 2.89. The molecule has 0 unspecified atom stereocenters. The predicted molar refractivity (Wildman–Crippen MR) is 118 cm³/mol. The number of carbonyl (C=O) groups is 3. The number of para-hydroxylation sites is 1. The molecular weight excluding hydrogens is 394 g/mol. The summed E-state index contributed by atoms with van der Waals surface area (Å²) in [5.41, 5.74) is 7.36. The van der Waals surface area contributed by atoms with Crippen LogP contribution in [0.25, 0.3) is 0 Å². The summed E-state index contributed by atoms with van der Waals surface area (Å²) in [5.74, 6) is -0.485. The van der Waals surface area contributed by atoms with E-state index in [1.54, 1.807) is 36.4 Å². The van der Waals surface area contributed by atoms with E-state index in [-0.39, 0.29) is 18.4 Å². The highest BCUT2D eigenvalue weighted by molar-refractivity contribution is 6.05. The lowest BCUT2D eigenvalue weighted by molar-refractivity contribution is -0.118. The van der Waals surface area contributed by atoms with Crippen molar-refractivity contribution in [2.45, 2.75) is 6.61 Å². The number of likely N-dealkylation sites (N-methyl/N-ethyl adjacent to an activating group) is 1. The molecule has 0 radical (unpaired) electrons. The van der Waals surface area contributed by atoms with Gasteiger partial charge in [-0.1, -0.05) is 36.4 Å². The molecule has 7 heteroatoms. The molecule has 0 aromatic heterocycles. The molecular formula is C24H23N3O4. The molecule has 0 spiro atoms. The summed E-state index contributed by atoms with van der Waals surface area (Å²) in [5, 5.41) is 2.78. The largest absolute Gasteiger partial charge is 0.489 e. The van der Waals surface area contributed by atoms with Crippen LogP contribution in [0.4, 0.5) is 5.69 Å². The van der Waals surface area contributed by atoms with E-state index in [1.165, 1.54) is 11.9 Å². The number of anilines is 1. The first-order chi connectivity index (χ1) is 14.9. The number of ether oxygens (including phenoxy) is 1. The van der Waals surface area contributed by atoms with Crippen molar-refractivity contribution >= 4 is 23.4 Å². The summed E-state index contributed by atoms with van der Waals surface area (Å²) in [6.07, 6.45) is 0. The summed E-state index contributed by atoms with van der Waals surface area (Å²) < 4.78 is 5.70. The number of nitrogens with one attached hydrogen (secondary N) is 1. The van der Waals surface area contributed by atoms with Crippen molar-refractivity contribution in [2.75, 3.05) is 18.9 Å². The number of hydrogen-bond acceptors (Lipinski definition) is 4. The Morgan fingerprint density at radius 2 is 1.61 bits per heavy atom. The minimum atomic E-state index is -0.599. The van der Waals surface area contributed by atoms with E-state index in [4.69, 9.17) is 10.5 Å². The van der Waals surface area contributed by atoms with Crippen molar-refractivity contribution in [3.05, 3.63) is 95.6 Å². The van der Waals surface area contributed by atoms with Gasteiger partial charge in [-0.05, 0) is 48.0 Å². The topological polar surface area (TPSA) is 102 Å². The lowest BCUT2D eigenvalue weighted by Gasteiger charge is -2.15. The van der Waals surface area contributed by atoms with Crippen molar-refractivity contribution in [3.63, 3.8) is 0 Å². The Kier molecular flexibility index (Phi) is 7.01. The van der Waals surface area contributed by atoms with E-state index in [9.17, 15) is 14.4 Å². The van der Waals surface area contributed by atoms with Gasteiger partial charge in [0.25, 0.3) is 11.8 Å². The highest BCUT2D eigenvalue weighted by Gasteiger charge is 2.14. The third kappa shape index (κ3) is 6.17. The zero-order valence-corrected chi connectivity index (χ0v) is 17.1. The van der Waals surface area contributed by atoms with Gasteiger partial charge in [-0.2, -0.15) is 0 Å². The maximum absolute atomic E-state index is 12.6. The Hall–Kier alpha value is -4.13. The lowest BCUT2D eigenvalue weighted by Crippen LogP contribution is -2.35. The molecule has 0 atom stereocenters. The second-order valence-corrected chi connectivity index (χ2v) is 6.96. The van der Waals surface area contributed by atoms with Gasteiger partial charge in [0, 0.05) is 23.9 Å². The minimum Gasteiger partial charge on any atom is -0.489 e. The molecule has 3 aromatic carbocycles. The molecule has 0 aliphatic carbocycles. The highest BCUT2D eigenvalue weighted by atomic mass is 16.5. The van der Waals surface area contributed by atoms with Crippen LogP contribution in [0.2, 0.25) is 0 Å². The SMILES string of the molecule is CN(CC(N)=O)C(=O)c1cccc(NC(=O)c2ccc(COc3ccccc3)cc2)c1. The van der Waals surface area contributed by atoms with Crippen LogP contribution in [-0.4, -0.2) is 36.2 Å². The van der Waals surface area contributed by atoms with Gasteiger partial charge in [-0.15, -0.1) is 0 Å². The maximum Gasteiger partial charge on any atom is 0.255 e. The van der Waals surface area contributed by atoms with Crippen LogP contribution in [-0.2, 0) is 11.4 Å². The van der Waals surface area contributed by atoms with Gasteiger partial charge < -0.3 is 20.7 Å². The molecule has 3 amide bonds. The van der Waals surface area contributed by atoms with Crippen molar-refractivity contribution in [1.82, 2.24) is 4.90 Å². The van der Waals surface area contributed by atoms with Gasteiger partial charge in [-0.25, -0.2) is 0 Å². The lowest BCUT2D eigenvalue weighted by atomic mass is 10.1. The first-order valence-electron chi connectivity index (χ1n) is 9.64. The zero-order chi connectivity index (χ0) is 22.2. The molecule has 0 fully saturated rings. The van der Waals surface area contributed by atoms with Crippen molar-refractivity contribution in [3.8, 4) is 5.75 Å². The fraction of sp³-hybridized carbons (Fsp3) is 0.125. The summed E-state index contributed by atoms with van der Waals surface area (Å²) in [7, 11) is 1.49. The smallest absolute Gasteiger partial charge is 0.255 e. The third-order valence-electron chi connectivity index (χ3n) is 4.47. The molecule has 0 saturated carbocycles. The number of carbonyl (C=O) groups excluding carboxylic acids is 3. The molecule has 0 heterocycles. The Morgan fingerprint density at radius 3 is 2.29 bits per heavy atom. The number of amides is 3. The molecule has 31 heavy (non-hydrogen) atoms. The van der Waals surface area contributed by atoms with Crippen LogP contribution >= 0.6 is 0 Å². The Morgan fingerprint density at radius 1 is 0.903 bits per heavy atom. The van der Waals surface area contributed by atoms with Crippen LogP contribution in [0.5, 0.6) is 5.75 Å². The van der Waals surface area contributed by atoms with Crippen molar-refractivity contribution in [2.24, 2.45) is 5.73 Å². The van der Waals surface area contributed by atoms with E-state index < -0.39 is 5.91 Å². The number of rotatable bonds is 8. The van der Waals surface area contributed by atoms with Gasteiger partial charge in [0.2, 0.25) is 5.91 Å². The summed E-state index contributed by atoms with van der Waals surface area (Å²) in [4.78, 5) is 37.2. The standard InChI is InChI=1S/C24H23N3O4/c1-27(15-22(25)28)24(30)19-6-5-7-20(14-19)26-23(29)18-12-10-17(11-13-18)16-31-21-8-3-2-4-9-21/h2-14H,15-16H2,1H3,(H2,25,28)(H,26,29). The second kappa shape index (κ2) is 10.1. The van der Waals surface area contributed by atoms with Crippen molar-refractivity contribution < 1.29 is 19.1 Å². The van der Waals surface area contributed by atoms with Crippen molar-refractivity contribution in [1.29, 1.82) is 0 Å². The Balaban J connectivity index is 1.61. The summed E-state index contributed by atoms with van der Waals surface area (Å²) in [6, 6.07) is 23.1. The average Bonchev–Trinajstić information content (AvgIpc) is 2.78. The molecule has 3 N–H and O–H groups in total. The van der Waals surface area contributed by atoms with E-state index in [0.29, 0.717) is 23.4 Å². The fourth-order valence-corrected chi connectivity index (χ4v) is 2.89. The van der Waals surface area contributed by atoms with Gasteiger partial charge in [0.15, 0.2) is 0 Å². The van der Waals surface area contributed by atoms with E-state index in [2.05, 4.69) is 5.32 Å². The highest BCUT2D eigenvalue weighted by Crippen LogP contribution is 2.15. The van der Waals surface area contributed by atoms with Crippen LogP contribution in [0.1, 0.15) is 26.3 Å². The summed E-state index contributed by atoms with van der Waals surface area (Å²) >= 11 is 0. The predicted octanol–water partition coefficient (Wildman–Crippen LogP) is 3.08. The Labute approximate surface area is 180 Å². The summed E-state index contributed by atoms with van der Waals surface area (Å²) in [6.45, 7) is 0.213. The maximum atomic E-state index is 12.6. The molecule has 3 rings (SSSR count). The second-order valence-electron chi connectivity index (χ2n) is 6.96. The molecule has 7 nitrogen and oxygen atoms in total. The van der Waals surface area contributed by atoms with Crippen LogP contribution in [0.3, 0.4) is 0 Å². The van der Waals surface area contributed by atoms with E-state index in [1.807, 2.05) is 42.5 Å². The number of nitrogens with two attached hydrogens (primary N) is 1. The monoisotopic (exact) mass is 417 g/mol. The van der Waals surface area contributed by atoms with Gasteiger partial charge in [-0.3, -0.25) is 14.4 Å². The number of hydrogen-bond donors (Lipinski definition) is 2. The van der Waals surface area contributed by atoms with Gasteiger partial charge >= 0.3 is 0 Å². The number of nitrogens with zero attached hydrogens (tertiary/aromatic N) is 1. The van der Waals surface area contributed by atoms with E-state index >= 15 is 0 Å². The molecule has 0 aliphatic heterocycles. The van der Waals surface area contributed by atoms with Gasteiger partial charge in [0.1, 0.15) is 12.4 Å². The van der Waals surface area contributed by atoms with E-state index in [0.717, 1.165) is 11.3 Å². The average molecular weight is 417 g/mol. The number of benzene rings is 3. The normalized spacial score (nSPS) is 10.2. The van der Waals surface area contributed by atoms with Crippen LogP contribution in [0.15, 0.2) is 78.9 Å². The van der Waals surface area contributed by atoms with Gasteiger partial charge in [0.05, 0.1) is 6.54 Å². The number of primary amides is 1. The first-order valence-corrected chi connectivity index (χ1v) is 9.64. The molecule has 0 aliphatic rings. The van der Waals surface area contributed by atoms with Crippen LogP contribution < -0.4 is 15.8 Å². The third-order valence-corrected chi connectivity index (χ3v) is 4.47. The zero-order valence-electron chi connectivity index (χ0n) is 17.1. The Bertz CT molecular complexity index is 1070. The molecule has 0 bridgehead atoms. The quantitative estimate of drug-likeness (QED) is 0.588.